The zero-order valence-electron chi connectivity index (χ0n) is 11.9. The van der Waals surface area contributed by atoms with Crippen LogP contribution in [0.2, 0.25) is 5.15 Å². The summed E-state index contributed by atoms with van der Waals surface area (Å²) in [5.74, 6) is 0.725. The van der Waals surface area contributed by atoms with Crippen molar-refractivity contribution in [3.8, 4) is 11.4 Å². The maximum Gasteiger partial charge on any atom is 0.185 e. The van der Waals surface area contributed by atoms with Crippen LogP contribution in [-0.2, 0) is 0 Å². The summed E-state index contributed by atoms with van der Waals surface area (Å²) in [6, 6.07) is 6.23. The van der Waals surface area contributed by atoms with E-state index in [0.717, 1.165) is 33.7 Å². The number of benzene rings is 1. The van der Waals surface area contributed by atoms with Gasteiger partial charge in [-0.05, 0) is 38.8 Å². The lowest BCUT2D eigenvalue weighted by Crippen LogP contribution is -2.01. The van der Waals surface area contributed by atoms with Crippen molar-refractivity contribution < 1.29 is 0 Å². The van der Waals surface area contributed by atoms with Gasteiger partial charge in [-0.25, -0.2) is 0 Å². The minimum Gasteiger partial charge on any atom is -0.191 e. The molecule has 0 saturated carbocycles. The number of fused-ring (bicyclic) bond motifs is 1. The molecule has 5 heteroatoms. The monoisotopic (exact) mass is 286 g/mol. The maximum atomic E-state index is 6.19. The Labute approximate surface area is 122 Å². The van der Waals surface area contributed by atoms with Crippen LogP contribution in [0.25, 0.3) is 17.0 Å². The molecular formula is C15H15ClN4. The zero-order valence-corrected chi connectivity index (χ0v) is 12.7. The second kappa shape index (κ2) is 4.56. The van der Waals surface area contributed by atoms with Gasteiger partial charge in [-0.3, -0.25) is 0 Å². The molecule has 102 valence electrons. The van der Waals surface area contributed by atoms with Crippen molar-refractivity contribution in [1.82, 2.24) is 19.8 Å². The summed E-state index contributed by atoms with van der Waals surface area (Å²) in [7, 11) is 0. The fourth-order valence-electron chi connectivity index (χ4n) is 2.33. The minimum absolute atomic E-state index is 0.487. The predicted octanol–water partition coefficient (Wildman–Crippen LogP) is 3.68. The second-order valence-corrected chi connectivity index (χ2v) is 5.48. The third-order valence-corrected chi connectivity index (χ3v) is 4.02. The maximum absolute atomic E-state index is 6.19. The Morgan fingerprint density at radius 3 is 2.45 bits per heavy atom. The Hall–Kier alpha value is -1.94. The lowest BCUT2D eigenvalue weighted by atomic mass is 10.1. The number of halogens is 1. The number of aryl methyl sites for hydroxylation is 3. The Morgan fingerprint density at radius 2 is 1.75 bits per heavy atom. The standard InChI is InChI=1S/C15H15ClN4/c1-8-5-6-12(9(2)7-8)15-18-17-14-11(4)10(3)13(16)19-20(14)15/h5-7H,1-4H3. The number of hydrogen-bond donors (Lipinski definition) is 0. The summed E-state index contributed by atoms with van der Waals surface area (Å²) in [5.41, 5.74) is 6.09. The van der Waals surface area contributed by atoms with E-state index in [1.807, 2.05) is 19.9 Å². The van der Waals surface area contributed by atoms with Crippen molar-refractivity contribution in [3.63, 3.8) is 0 Å². The molecule has 0 unspecified atom stereocenters. The smallest absolute Gasteiger partial charge is 0.185 e. The van der Waals surface area contributed by atoms with Crippen molar-refractivity contribution in [2.75, 3.05) is 0 Å². The lowest BCUT2D eigenvalue weighted by molar-refractivity contribution is 0.918. The molecule has 0 aliphatic heterocycles. The predicted molar refractivity (Wildman–Crippen MR) is 80.2 cm³/mol. The van der Waals surface area contributed by atoms with Crippen LogP contribution in [0.3, 0.4) is 0 Å². The number of hydrogen-bond acceptors (Lipinski definition) is 3. The van der Waals surface area contributed by atoms with Gasteiger partial charge in [-0.1, -0.05) is 35.4 Å². The molecule has 0 amide bonds. The summed E-state index contributed by atoms with van der Waals surface area (Å²) < 4.78 is 1.72. The topological polar surface area (TPSA) is 43.1 Å². The van der Waals surface area contributed by atoms with E-state index in [1.165, 1.54) is 5.56 Å². The molecule has 0 N–H and O–H groups in total. The van der Waals surface area contributed by atoms with Crippen LogP contribution < -0.4 is 0 Å². The van der Waals surface area contributed by atoms with Gasteiger partial charge in [0.2, 0.25) is 0 Å². The summed E-state index contributed by atoms with van der Waals surface area (Å²) in [5, 5.41) is 13.4. The van der Waals surface area contributed by atoms with Crippen LogP contribution in [-0.4, -0.2) is 19.8 Å². The van der Waals surface area contributed by atoms with E-state index >= 15 is 0 Å². The van der Waals surface area contributed by atoms with E-state index in [4.69, 9.17) is 11.6 Å². The van der Waals surface area contributed by atoms with Gasteiger partial charge in [0.25, 0.3) is 0 Å². The molecule has 2 aromatic heterocycles. The highest BCUT2D eigenvalue weighted by molar-refractivity contribution is 6.30. The van der Waals surface area contributed by atoms with Crippen molar-refractivity contribution >= 4 is 17.2 Å². The average Bonchev–Trinajstić information content (AvgIpc) is 2.80. The minimum atomic E-state index is 0.487. The van der Waals surface area contributed by atoms with Crippen molar-refractivity contribution in [3.05, 3.63) is 45.6 Å². The van der Waals surface area contributed by atoms with Gasteiger partial charge in [0.15, 0.2) is 16.6 Å². The highest BCUT2D eigenvalue weighted by atomic mass is 35.5. The van der Waals surface area contributed by atoms with Crippen LogP contribution in [0.4, 0.5) is 0 Å². The van der Waals surface area contributed by atoms with Crippen LogP contribution in [0.5, 0.6) is 0 Å². The molecule has 0 fully saturated rings. The molecule has 0 aliphatic rings. The Kier molecular flexibility index (Phi) is 2.98. The summed E-state index contributed by atoms with van der Waals surface area (Å²) in [6.45, 7) is 8.06. The molecule has 0 radical (unpaired) electrons. The SMILES string of the molecule is Cc1ccc(-c2nnc3c(C)c(C)c(Cl)nn23)c(C)c1. The average molecular weight is 287 g/mol. The number of nitrogens with zero attached hydrogens (tertiary/aromatic N) is 4. The van der Waals surface area contributed by atoms with Gasteiger partial charge in [0.1, 0.15) is 0 Å². The molecule has 0 spiro atoms. The molecule has 3 aromatic rings. The van der Waals surface area contributed by atoms with Crippen molar-refractivity contribution in [2.24, 2.45) is 0 Å². The molecule has 0 atom stereocenters. The van der Waals surface area contributed by atoms with Gasteiger partial charge >= 0.3 is 0 Å². The van der Waals surface area contributed by atoms with E-state index in [9.17, 15) is 0 Å². The van der Waals surface area contributed by atoms with E-state index in [0.29, 0.717) is 5.15 Å². The van der Waals surface area contributed by atoms with Gasteiger partial charge in [-0.2, -0.15) is 9.61 Å². The molecule has 2 heterocycles. The molecule has 20 heavy (non-hydrogen) atoms. The normalized spacial score (nSPS) is 11.2. The Bertz CT molecular complexity index is 820. The summed E-state index contributed by atoms with van der Waals surface area (Å²) in [4.78, 5) is 0. The third-order valence-electron chi connectivity index (χ3n) is 3.66. The summed E-state index contributed by atoms with van der Waals surface area (Å²) in [6.07, 6.45) is 0. The van der Waals surface area contributed by atoms with E-state index in [-0.39, 0.29) is 0 Å². The number of aromatic nitrogens is 4. The first-order valence-electron chi connectivity index (χ1n) is 6.45. The second-order valence-electron chi connectivity index (χ2n) is 5.12. The fraction of sp³-hybridized carbons (Fsp3) is 0.267. The van der Waals surface area contributed by atoms with Crippen molar-refractivity contribution in [2.45, 2.75) is 27.7 Å². The van der Waals surface area contributed by atoms with E-state index in [1.54, 1.807) is 4.52 Å². The molecule has 0 saturated heterocycles. The molecule has 0 aliphatic carbocycles. The van der Waals surface area contributed by atoms with Gasteiger partial charge < -0.3 is 0 Å². The largest absolute Gasteiger partial charge is 0.191 e. The van der Waals surface area contributed by atoms with Crippen LogP contribution >= 0.6 is 11.6 Å². The quantitative estimate of drug-likeness (QED) is 0.685. The van der Waals surface area contributed by atoms with Gasteiger partial charge in [0.05, 0.1) is 0 Å². The third kappa shape index (κ3) is 1.88. The highest BCUT2D eigenvalue weighted by Crippen LogP contribution is 2.26. The van der Waals surface area contributed by atoms with Crippen LogP contribution in [0, 0.1) is 27.7 Å². The Balaban J connectivity index is 2.33. The Morgan fingerprint density at radius 1 is 1.00 bits per heavy atom. The first kappa shape index (κ1) is 13.1. The molecule has 4 nitrogen and oxygen atoms in total. The van der Waals surface area contributed by atoms with Crippen LogP contribution in [0.1, 0.15) is 22.3 Å². The highest BCUT2D eigenvalue weighted by Gasteiger charge is 2.16. The van der Waals surface area contributed by atoms with E-state index < -0.39 is 0 Å². The van der Waals surface area contributed by atoms with Crippen LogP contribution in [0.15, 0.2) is 18.2 Å². The van der Waals surface area contributed by atoms with E-state index in [2.05, 4.69) is 41.3 Å². The first-order chi connectivity index (χ1) is 9.49. The number of rotatable bonds is 1. The molecule has 0 bridgehead atoms. The molecule has 1 aromatic carbocycles. The van der Waals surface area contributed by atoms with Gasteiger partial charge in [-0.15, -0.1) is 10.2 Å². The fourth-order valence-corrected chi connectivity index (χ4v) is 2.54. The lowest BCUT2D eigenvalue weighted by Gasteiger charge is -2.07. The molecular weight excluding hydrogens is 272 g/mol. The molecule has 3 rings (SSSR count). The van der Waals surface area contributed by atoms with Gasteiger partial charge in [0, 0.05) is 11.1 Å². The summed E-state index contributed by atoms with van der Waals surface area (Å²) >= 11 is 6.19. The first-order valence-corrected chi connectivity index (χ1v) is 6.82. The zero-order chi connectivity index (χ0) is 14.4. The van der Waals surface area contributed by atoms with Crippen molar-refractivity contribution in [1.29, 1.82) is 0 Å².